The van der Waals surface area contributed by atoms with Crippen molar-refractivity contribution in [3.63, 3.8) is 0 Å². The fourth-order valence-corrected chi connectivity index (χ4v) is 2.71. The minimum absolute atomic E-state index is 0.271. The van der Waals surface area contributed by atoms with E-state index in [4.69, 9.17) is 0 Å². The number of para-hydroxylation sites is 1. The molecular formula is C15H19N3O. The minimum Gasteiger partial charge on any atom is -0.386 e. The molecular weight excluding hydrogens is 238 g/mol. The van der Waals surface area contributed by atoms with Gasteiger partial charge in [0.05, 0.1) is 11.4 Å². The lowest BCUT2D eigenvalue weighted by Gasteiger charge is -2.27. The number of aliphatic hydroxyl groups is 1. The first-order valence-electron chi connectivity index (χ1n) is 6.84. The summed E-state index contributed by atoms with van der Waals surface area (Å²) in [4.78, 5) is 0. The summed E-state index contributed by atoms with van der Waals surface area (Å²) in [5, 5.41) is 18.3. The second kappa shape index (κ2) is 5.55. The van der Waals surface area contributed by atoms with Gasteiger partial charge in [0.15, 0.2) is 0 Å². The lowest BCUT2D eigenvalue weighted by Crippen LogP contribution is -2.33. The van der Waals surface area contributed by atoms with Gasteiger partial charge in [0.1, 0.15) is 6.10 Å². The van der Waals surface area contributed by atoms with Crippen LogP contribution in [-0.2, 0) is 0 Å². The number of hydrogen-bond acceptors (Lipinski definition) is 3. The molecule has 0 aliphatic carbocycles. The second-order valence-electron chi connectivity index (χ2n) is 5.05. The standard InChI is InChI=1S/C15H19N3O/c19-15(12-5-4-9-16-11-12)14-8-10-17-18(14)13-6-2-1-3-7-13/h1-3,6-8,10,12,15-16,19H,4-5,9,11H2. The number of nitrogens with zero attached hydrogens (tertiary/aromatic N) is 2. The highest BCUT2D eigenvalue weighted by molar-refractivity contribution is 5.32. The highest BCUT2D eigenvalue weighted by atomic mass is 16.3. The Kier molecular flexibility index (Phi) is 3.62. The molecule has 1 aliphatic heterocycles. The predicted molar refractivity (Wildman–Crippen MR) is 74.1 cm³/mol. The molecule has 0 spiro atoms. The van der Waals surface area contributed by atoms with E-state index in [0.29, 0.717) is 0 Å². The average molecular weight is 257 g/mol. The number of aliphatic hydroxyl groups excluding tert-OH is 1. The lowest BCUT2D eigenvalue weighted by molar-refractivity contribution is 0.0862. The van der Waals surface area contributed by atoms with E-state index in [9.17, 15) is 5.11 Å². The number of piperidine rings is 1. The molecule has 4 nitrogen and oxygen atoms in total. The number of rotatable bonds is 3. The first-order valence-corrected chi connectivity index (χ1v) is 6.84. The van der Waals surface area contributed by atoms with Crippen LogP contribution in [0.4, 0.5) is 0 Å². The summed E-state index contributed by atoms with van der Waals surface area (Å²) in [6, 6.07) is 11.9. The van der Waals surface area contributed by atoms with Gasteiger partial charge in [-0.3, -0.25) is 0 Å². The van der Waals surface area contributed by atoms with Gasteiger partial charge in [-0.2, -0.15) is 5.10 Å². The largest absolute Gasteiger partial charge is 0.386 e. The number of aromatic nitrogens is 2. The van der Waals surface area contributed by atoms with Crippen molar-refractivity contribution >= 4 is 0 Å². The van der Waals surface area contributed by atoms with Gasteiger partial charge in [0.2, 0.25) is 0 Å². The van der Waals surface area contributed by atoms with Crippen LogP contribution in [0.25, 0.3) is 5.69 Å². The molecule has 0 radical (unpaired) electrons. The van der Waals surface area contributed by atoms with E-state index < -0.39 is 6.10 Å². The molecule has 1 fully saturated rings. The van der Waals surface area contributed by atoms with E-state index in [-0.39, 0.29) is 5.92 Å². The summed E-state index contributed by atoms with van der Waals surface area (Å²) < 4.78 is 1.83. The third-order valence-corrected chi connectivity index (χ3v) is 3.76. The highest BCUT2D eigenvalue weighted by Crippen LogP contribution is 2.28. The van der Waals surface area contributed by atoms with Crippen molar-refractivity contribution in [1.29, 1.82) is 0 Å². The zero-order valence-corrected chi connectivity index (χ0v) is 10.9. The number of hydrogen-bond donors (Lipinski definition) is 2. The SMILES string of the molecule is OC(c1ccnn1-c1ccccc1)C1CCCNC1. The van der Waals surface area contributed by atoms with Crippen LogP contribution in [0.2, 0.25) is 0 Å². The van der Waals surface area contributed by atoms with Crippen LogP contribution in [0.3, 0.4) is 0 Å². The van der Waals surface area contributed by atoms with Crippen LogP contribution in [0.15, 0.2) is 42.6 Å². The van der Waals surface area contributed by atoms with Gasteiger partial charge in [0.25, 0.3) is 0 Å². The van der Waals surface area contributed by atoms with Crippen LogP contribution in [0.5, 0.6) is 0 Å². The maximum atomic E-state index is 10.6. The molecule has 2 heterocycles. The van der Waals surface area contributed by atoms with Crippen molar-refractivity contribution in [2.75, 3.05) is 13.1 Å². The molecule has 0 saturated carbocycles. The first-order chi connectivity index (χ1) is 9.36. The monoisotopic (exact) mass is 257 g/mol. The van der Waals surface area contributed by atoms with E-state index in [2.05, 4.69) is 10.4 Å². The summed E-state index contributed by atoms with van der Waals surface area (Å²) in [6.45, 7) is 1.93. The fourth-order valence-electron chi connectivity index (χ4n) is 2.71. The Balaban J connectivity index is 1.87. The van der Waals surface area contributed by atoms with Crippen LogP contribution in [0, 0.1) is 5.92 Å². The lowest BCUT2D eigenvalue weighted by atomic mass is 9.92. The Hall–Kier alpha value is -1.65. The summed E-state index contributed by atoms with van der Waals surface area (Å²) in [5.41, 5.74) is 1.87. The molecule has 3 rings (SSSR count). The Labute approximate surface area is 113 Å². The van der Waals surface area contributed by atoms with Crippen molar-refractivity contribution in [2.24, 2.45) is 5.92 Å². The fraction of sp³-hybridized carbons (Fsp3) is 0.400. The first kappa shape index (κ1) is 12.4. The normalized spacial score (nSPS) is 21.2. The molecule has 1 aromatic carbocycles. The zero-order chi connectivity index (χ0) is 13.1. The molecule has 4 heteroatoms. The summed E-state index contributed by atoms with van der Waals surface area (Å²) in [6.07, 6.45) is 3.48. The Morgan fingerprint density at radius 2 is 2.11 bits per heavy atom. The van der Waals surface area contributed by atoms with Gasteiger partial charge in [-0.1, -0.05) is 18.2 Å². The van der Waals surface area contributed by atoms with Gasteiger partial charge >= 0.3 is 0 Å². The van der Waals surface area contributed by atoms with Crippen molar-refractivity contribution in [2.45, 2.75) is 18.9 Å². The maximum Gasteiger partial charge on any atom is 0.100 e. The molecule has 1 aromatic heterocycles. The smallest absolute Gasteiger partial charge is 0.100 e. The summed E-state index contributed by atoms with van der Waals surface area (Å²) >= 11 is 0. The topological polar surface area (TPSA) is 50.1 Å². The Bertz CT molecular complexity index is 517. The molecule has 2 N–H and O–H groups in total. The molecule has 0 bridgehead atoms. The van der Waals surface area contributed by atoms with Crippen molar-refractivity contribution in [3.8, 4) is 5.69 Å². The van der Waals surface area contributed by atoms with Crippen LogP contribution < -0.4 is 5.32 Å². The predicted octanol–water partition coefficient (Wildman–Crippen LogP) is 1.91. The number of nitrogens with one attached hydrogen (secondary N) is 1. The molecule has 2 aromatic rings. The van der Waals surface area contributed by atoms with Crippen molar-refractivity contribution in [1.82, 2.24) is 15.1 Å². The highest BCUT2D eigenvalue weighted by Gasteiger charge is 2.25. The maximum absolute atomic E-state index is 10.6. The van der Waals surface area contributed by atoms with Gasteiger partial charge in [-0.25, -0.2) is 4.68 Å². The van der Waals surface area contributed by atoms with E-state index >= 15 is 0 Å². The van der Waals surface area contributed by atoms with Gasteiger partial charge < -0.3 is 10.4 Å². The van der Waals surface area contributed by atoms with Crippen molar-refractivity contribution < 1.29 is 5.11 Å². The third-order valence-electron chi connectivity index (χ3n) is 3.76. The van der Waals surface area contributed by atoms with Crippen LogP contribution in [0.1, 0.15) is 24.6 Å². The quantitative estimate of drug-likeness (QED) is 0.883. The molecule has 1 aliphatic rings. The minimum atomic E-state index is -0.462. The Morgan fingerprint density at radius 1 is 1.26 bits per heavy atom. The molecule has 100 valence electrons. The second-order valence-corrected chi connectivity index (χ2v) is 5.05. The summed E-state index contributed by atoms with van der Waals surface area (Å²) in [7, 11) is 0. The molecule has 19 heavy (non-hydrogen) atoms. The molecule has 2 atom stereocenters. The van der Waals surface area contributed by atoms with Gasteiger partial charge in [-0.15, -0.1) is 0 Å². The van der Waals surface area contributed by atoms with Crippen molar-refractivity contribution in [3.05, 3.63) is 48.3 Å². The van der Waals surface area contributed by atoms with Crippen LogP contribution in [-0.4, -0.2) is 28.0 Å². The Morgan fingerprint density at radius 3 is 2.84 bits per heavy atom. The van der Waals surface area contributed by atoms with E-state index in [0.717, 1.165) is 37.3 Å². The molecule has 0 amide bonds. The average Bonchev–Trinajstić information content (AvgIpc) is 2.98. The van der Waals surface area contributed by atoms with E-state index in [1.54, 1.807) is 6.20 Å². The molecule has 2 unspecified atom stereocenters. The van der Waals surface area contributed by atoms with E-state index in [1.165, 1.54) is 0 Å². The summed E-state index contributed by atoms with van der Waals surface area (Å²) in [5.74, 6) is 0.271. The zero-order valence-electron chi connectivity index (χ0n) is 10.9. The van der Waals surface area contributed by atoms with Gasteiger partial charge in [0, 0.05) is 18.7 Å². The van der Waals surface area contributed by atoms with Crippen LogP contribution >= 0.6 is 0 Å². The third kappa shape index (κ3) is 2.55. The van der Waals surface area contributed by atoms with Gasteiger partial charge in [-0.05, 0) is 37.6 Å². The molecule has 1 saturated heterocycles. The van der Waals surface area contributed by atoms with E-state index in [1.807, 2.05) is 41.1 Å². The number of benzene rings is 1.